The van der Waals surface area contributed by atoms with Crippen molar-refractivity contribution in [2.45, 2.75) is 25.6 Å². The first-order valence-electron chi connectivity index (χ1n) is 8.01. The number of benzene rings is 1. The van der Waals surface area contributed by atoms with Gasteiger partial charge >= 0.3 is 0 Å². The van der Waals surface area contributed by atoms with Crippen LogP contribution < -0.4 is 4.74 Å². The van der Waals surface area contributed by atoms with Crippen LogP contribution in [-0.4, -0.2) is 22.1 Å². The van der Waals surface area contributed by atoms with Crippen molar-refractivity contribution in [3.63, 3.8) is 0 Å². The number of pyridine rings is 1. The van der Waals surface area contributed by atoms with Crippen molar-refractivity contribution >= 4 is 0 Å². The molecule has 1 atom stereocenters. The largest absolute Gasteiger partial charge is 0.481 e. The molecule has 0 saturated carbocycles. The zero-order valence-electron chi connectivity index (χ0n) is 13.5. The Morgan fingerprint density at radius 3 is 2.96 bits per heavy atom. The van der Waals surface area contributed by atoms with Gasteiger partial charge in [-0.05, 0) is 22.8 Å². The Kier molecular flexibility index (Phi) is 4.01. The molecule has 0 aliphatic carbocycles. The molecule has 0 bridgehead atoms. The normalized spacial score (nSPS) is 14.4. The third-order valence-corrected chi connectivity index (χ3v) is 4.49. The molecule has 1 N–H and O–H groups in total. The Bertz CT molecular complexity index is 830. The van der Waals surface area contributed by atoms with Gasteiger partial charge in [0.15, 0.2) is 0 Å². The number of imidazole rings is 1. The highest BCUT2D eigenvalue weighted by atomic mass is 16.5. The van der Waals surface area contributed by atoms with Gasteiger partial charge in [0.25, 0.3) is 0 Å². The van der Waals surface area contributed by atoms with Gasteiger partial charge in [-0.1, -0.05) is 24.3 Å². The summed E-state index contributed by atoms with van der Waals surface area (Å²) in [7, 11) is 1.64. The number of methoxy groups -OCH3 is 1. The van der Waals surface area contributed by atoms with E-state index in [-0.39, 0.29) is 5.92 Å². The summed E-state index contributed by atoms with van der Waals surface area (Å²) in [4.78, 5) is 12.0. The minimum Gasteiger partial charge on any atom is -0.481 e. The van der Waals surface area contributed by atoms with E-state index in [4.69, 9.17) is 9.47 Å². The summed E-state index contributed by atoms with van der Waals surface area (Å²) in [5.74, 6) is 0.793. The van der Waals surface area contributed by atoms with E-state index < -0.39 is 0 Å². The maximum atomic E-state index is 5.65. The molecule has 4 rings (SSSR count). The summed E-state index contributed by atoms with van der Waals surface area (Å²) in [5.41, 5.74) is 5.92. The molecule has 2 aromatic heterocycles. The van der Waals surface area contributed by atoms with Crippen LogP contribution in [0.15, 0.2) is 48.9 Å². The molecule has 0 fully saturated rings. The molecule has 0 spiro atoms. The lowest BCUT2D eigenvalue weighted by Gasteiger charge is -2.19. The monoisotopic (exact) mass is 321 g/mol. The van der Waals surface area contributed by atoms with Gasteiger partial charge in [-0.2, -0.15) is 0 Å². The van der Waals surface area contributed by atoms with E-state index in [2.05, 4.69) is 33.2 Å². The lowest BCUT2D eigenvalue weighted by Crippen LogP contribution is -2.10. The van der Waals surface area contributed by atoms with E-state index in [0.29, 0.717) is 19.1 Å². The van der Waals surface area contributed by atoms with E-state index in [9.17, 15) is 0 Å². The fraction of sp³-hybridized carbons (Fsp3) is 0.263. The number of H-pyrrole nitrogens is 1. The van der Waals surface area contributed by atoms with Gasteiger partial charge in [0.2, 0.25) is 5.88 Å². The third kappa shape index (κ3) is 2.78. The number of nitrogens with zero attached hydrogens (tertiary/aromatic N) is 2. The van der Waals surface area contributed by atoms with Crippen molar-refractivity contribution in [3.8, 4) is 5.88 Å². The molecule has 5 heteroatoms. The van der Waals surface area contributed by atoms with Crippen LogP contribution in [0.1, 0.15) is 34.0 Å². The summed E-state index contributed by atoms with van der Waals surface area (Å²) >= 11 is 0. The lowest BCUT2D eigenvalue weighted by molar-refractivity contribution is 0.134. The van der Waals surface area contributed by atoms with Gasteiger partial charge < -0.3 is 14.5 Å². The van der Waals surface area contributed by atoms with Crippen LogP contribution in [0.2, 0.25) is 0 Å². The highest BCUT2D eigenvalue weighted by Crippen LogP contribution is 2.34. The molecule has 0 unspecified atom stereocenters. The Hall–Kier alpha value is -2.66. The van der Waals surface area contributed by atoms with E-state index in [0.717, 1.165) is 17.8 Å². The first-order chi connectivity index (χ1) is 11.8. The lowest BCUT2D eigenvalue weighted by atomic mass is 9.87. The van der Waals surface area contributed by atoms with E-state index in [1.54, 1.807) is 13.4 Å². The molecule has 3 heterocycles. The van der Waals surface area contributed by atoms with Gasteiger partial charge in [0.05, 0.1) is 26.7 Å². The fourth-order valence-corrected chi connectivity index (χ4v) is 3.29. The predicted octanol–water partition coefficient (Wildman–Crippen LogP) is 3.22. The number of hydrogen-bond donors (Lipinski definition) is 1. The zero-order valence-corrected chi connectivity index (χ0v) is 13.5. The van der Waals surface area contributed by atoms with Gasteiger partial charge in [-0.25, -0.2) is 9.97 Å². The molecule has 0 amide bonds. The number of hydrogen-bond acceptors (Lipinski definition) is 4. The minimum absolute atomic E-state index is 0.156. The Morgan fingerprint density at radius 2 is 2.12 bits per heavy atom. The molecule has 0 saturated heterocycles. The van der Waals surface area contributed by atoms with Crippen LogP contribution in [0.4, 0.5) is 0 Å². The molecule has 1 aliphatic heterocycles. The number of rotatable bonds is 5. The minimum atomic E-state index is 0.156. The zero-order chi connectivity index (χ0) is 16.4. The highest BCUT2D eigenvalue weighted by molar-refractivity contribution is 5.42. The molecule has 0 radical (unpaired) electrons. The molecule has 122 valence electrons. The number of ether oxygens (including phenoxy) is 2. The summed E-state index contributed by atoms with van der Waals surface area (Å²) in [6, 6.07) is 12.3. The van der Waals surface area contributed by atoms with Crippen LogP contribution in [0.25, 0.3) is 0 Å². The number of nitrogens with one attached hydrogen (secondary N) is 1. The van der Waals surface area contributed by atoms with Crippen LogP contribution in [-0.2, 0) is 24.4 Å². The first-order valence-corrected chi connectivity index (χ1v) is 8.01. The molecule has 3 aromatic rings. The van der Waals surface area contributed by atoms with Gasteiger partial charge in [0.1, 0.15) is 0 Å². The van der Waals surface area contributed by atoms with Crippen LogP contribution in [0.3, 0.4) is 0 Å². The summed E-state index contributed by atoms with van der Waals surface area (Å²) < 4.78 is 10.9. The quantitative estimate of drug-likeness (QED) is 0.784. The molecular weight excluding hydrogens is 302 g/mol. The molecular formula is C19H19N3O2. The van der Waals surface area contributed by atoms with Crippen molar-refractivity contribution in [1.82, 2.24) is 15.0 Å². The average Bonchev–Trinajstić information content (AvgIpc) is 3.31. The molecule has 24 heavy (non-hydrogen) atoms. The molecule has 1 aliphatic rings. The molecule has 5 nitrogen and oxygen atoms in total. The Balaban J connectivity index is 1.74. The van der Waals surface area contributed by atoms with E-state index in [1.165, 1.54) is 16.7 Å². The van der Waals surface area contributed by atoms with E-state index >= 15 is 0 Å². The van der Waals surface area contributed by atoms with Crippen LogP contribution >= 0.6 is 0 Å². The standard InChI is InChI=1S/C19H19N3O2/c1-23-19-7-3-5-14(22-19)8-16(18-9-20-12-21-18)15-6-2-4-13-10-24-11-17(13)15/h2-7,9,12,16H,8,10-11H2,1H3,(H,20,21)/t16-/m0/s1. The van der Waals surface area contributed by atoms with Gasteiger partial charge in [-0.15, -0.1) is 0 Å². The van der Waals surface area contributed by atoms with Crippen molar-refractivity contribution in [2.75, 3.05) is 7.11 Å². The van der Waals surface area contributed by atoms with E-state index in [1.807, 2.05) is 24.4 Å². The van der Waals surface area contributed by atoms with Crippen molar-refractivity contribution in [2.24, 2.45) is 0 Å². The van der Waals surface area contributed by atoms with Gasteiger partial charge in [0, 0.05) is 36.0 Å². The maximum Gasteiger partial charge on any atom is 0.213 e. The second-order valence-electron chi connectivity index (χ2n) is 5.91. The number of fused-ring (bicyclic) bond motifs is 1. The second-order valence-corrected chi connectivity index (χ2v) is 5.91. The van der Waals surface area contributed by atoms with Crippen LogP contribution in [0.5, 0.6) is 5.88 Å². The van der Waals surface area contributed by atoms with Gasteiger partial charge in [-0.3, -0.25) is 0 Å². The summed E-state index contributed by atoms with van der Waals surface area (Å²) in [5, 5.41) is 0. The molecule has 1 aromatic carbocycles. The predicted molar refractivity (Wildman–Crippen MR) is 89.9 cm³/mol. The van der Waals surface area contributed by atoms with Crippen molar-refractivity contribution in [3.05, 3.63) is 77.0 Å². The highest BCUT2D eigenvalue weighted by Gasteiger charge is 2.24. The summed E-state index contributed by atoms with van der Waals surface area (Å²) in [6.07, 6.45) is 4.39. The number of aromatic amines is 1. The summed E-state index contributed by atoms with van der Waals surface area (Å²) in [6.45, 7) is 1.36. The Morgan fingerprint density at radius 1 is 1.21 bits per heavy atom. The van der Waals surface area contributed by atoms with Crippen molar-refractivity contribution in [1.29, 1.82) is 0 Å². The Labute approximate surface area is 140 Å². The van der Waals surface area contributed by atoms with Crippen LogP contribution in [0, 0.1) is 0 Å². The maximum absolute atomic E-state index is 5.65. The average molecular weight is 321 g/mol. The first kappa shape index (κ1) is 14.9. The SMILES string of the molecule is COc1cccc(C[C@H](c2cnc[nH]2)c2cccc3c2COC3)n1. The topological polar surface area (TPSA) is 60.0 Å². The third-order valence-electron chi connectivity index (χ3n) is 4.49. The number of aromatic nitrogens is 3. The van der Waals surface area contributed by atoms with Crippen molar-refractivity contribution < 1.29 is 9.47 Å². The second kappa shape index (κ2) is 6.45. The smallest absolute Gasteiger partial charge is 0.213 e. The fourth-order valence-electron chi connectivity index (χ4n) is 3.29.